The minimum Gasteiger partial charge on any atom is -0.497 e. The van der Waals surface area contributed by atoms with E-state index >= 15 is 0 Å². The quantitative estimate of drug-likeness (QED) is 0.815. The van der Waals surface area contributed by atoms with E-state index in [9.17, 15) is 5.11 Å². The number of ether oxygens (including phenoxy) is 1. The first-order chi connectivity index (χ1) is 11.6. The van der Waals surface area contributed by atoms with E-state index in [-0.39, 0.29) is 11.5 Å². The van der Waals surface area contributed by atoms with Gasteiger partial charge in [-0.25, -0.2) is 0 Å². The van der Waals surface area contributed by atoms with Crippen LogP contribution in [-0.4, -0.2) is 18.3 Å². The Labute approximate surface area is 145 Å². The second-order valence-corrected chi connectivity index (χ2v) is 8.48. The van der Waals surface area contributed by atoms with E-state index in [1.54, 1.807) is 12.7 Å². The van der Waals surface area contributed by atoms with Crippen LogP contribution in [0.2, 0.25) is 0 Å². The number of aliphatic hydroxyl groups is 1. The topological polar surface area (TPSA) is 29.5 Å². The summed E-state index contributed by atoms with van der Waals surface area (Å²) in [6.07, 6.45) is 8.75. The smallest absolute Gasteiger partial charge is 0.119 e. The maximum atomic E-state index is 10.6. The fourth-order valence-electron chi connectivity index (χ4n) is 6.31. The molecule has 24 heavy (non-hydrogen) atoms. The molecule has 130 valence electrons. The van der Waals surface area contributed by atoms with E-state index in [2.05, 4.69) is 37.8 Å². The van der Waals surface area contributed by atoms with E-state index in [0.29, 0.717) is 23.7 Å². The molecule has 1 N–H and O–H groups in total. The molecule has 4 rings (SSSR count). The van der Waals surface area contributed by atoms with Crippen molar-refractivity contribution in [3.05, 3.63) is 42.0 Å². The third-order valence-corrected chi connectivity index (χ3v) is 7.53. The molecule has 3 aliphatic rings. The lowest BCUT2D eigenvalue weighted by Gasteiger charge is -2.53. The standard InChI is InChI=1S/C22H30O2/c1-4-5-14-12-15-13-16(24-3)6-7-17(15)18-10-11-22(2)19(21(14)18)8-9-20(22)23/h4,6-7,13-14,18-21,23H,1,5,8-12H2,2-3H3/t14-,18?,19?,20+,21?,22+/m1/s1. The van der Waals surface area contributed by atoms with Crippen LogP contribution in [0.1, 0.15) is 56.1 Å². The fourth-order valence-corrected chi connectivity index (χ4v) is 6.31. The van der Waals surface area contributed by atoms with Crippen molar-refractivity contribution < 1.29 is 9.84 Å². The Bertz CT molecular complexity index is 637. The Hall–Kier alpha value is -1.28. The molecule has 1 aromatic carbocycles. The monoisotopic (exact) mass is 326 g/mol. The molecule has 3 unspecified atom stereocenters. The van der Waals surface area contributed by atoms with Gasteiger partial charge in [-0.3, -0.25) is 0 Å². The molecule has 0 bridgehead atoms. The molecule has 2 nitrogen and oxygen atoms in total. The number of methoxy groups -OCH3 is 1. The summed E-state index contributed by atoms with van der Waals surface area (Å²) in [4.78, 5) is 0. The van der Waals surface area contributed by atoms with Crippen LogP contribution in [0, 0.1) is 23.2 Å². The summed E-state index contributed by atoms with van der Waals surface area (Å²) in [7, 11) is 1.75. The van der Waals surface area contributed by atoms with Crippen molar-refractivity contribution in [2.45, 2.75) is 57.5 Å². The average Bonchev–Trinajstić information content (AvgIpc) is 2.89. The predicted molar refractivity (Wildman–Crippen MR) is 97.3 cm³/mol. The lowest BCUT2D eigenvalue weighted by Crippen LogP contribution is -2.47. The van der Waals surface area contributed by atoms with Crippen LogP contribution < -0.4 is 4.74 Å². The zero-order valence-corrected chi connectivity index (χ0v) is 15.0. The van der Waals surface area contributed by atoms with Gasteiger partial charge in [-0.2, -0.15) is 0 Å². The van der Waals surface area contributed by atoms with Crippen LogP contribution in [0.5, 0.6) is 5.75 Å². The number of fused-ring (bicyclic) bond motifs is 5. The van der Waals surface area contributed by atoms with E-state index in [1.807, 2.05) is 0 Å². The molecule has 0 heterocycles. The lowest BCUT2D eigenvalue weighted by atomic mass is 9.52. The highest BCUT2D eigenvalue weighted by molar-refractivity contribution is 5.41. The summed E-state index contributed by atoms with van der Waals surface area (Å²) in [5, 5.41) is 10.6. The van der Waals surface area contributed by atoms with Gasteiger partial charge in [-0.1, -0.05) is 19.1 Å². The van der Waals surface area contributed by atoms with Crippen molar-refractivity contribution >= 4 is 0 Å². The minimum absolute atomic E-state index is 0.106. The van der Waals surface area contributed by atoms with Gasteiger partial charge in [0, 0.05) is 0 Å². The lowest BCUT2D eigenvalue weighted by molar-refractivity contribution is -0.0377. The maximum Gasteiger partial charge on any atom is 0.119 e. The Morgan fingerprint density at radius 2 is 2.17 bits per heavy atom. The van der Waals surface area contributed by atoms with Gasteiger partial charge >= 0.3 is 0 Å². The summed E-state index contributed by atoms with van der Waals surface area (Å²) in [5.74, 6) is 3.63. The maximum absolute atomic E-state index is 10.6. The molecule has 2 saturated carbocycles. The largest absolute Gasteiger partial charge is 0.497 e. The SMILES string of the molecule is C=CC[C@@H]1Cc2cc(OC)ccc2C2CC[C@@]3(C)C(CC[C@@H]3O)C21. The van der Waals surface area contributed by atoms with Crippen molar-refractivity contribution in [1.82, 2.24) is 0 Å². The van der Waals surface area contributed by atoms with E-state index < -0.39 is 0 Å². The first-order valence-corrected chi connectivity index (χ1v) is 9.54. The fraction of sp³-hybridized carbons (Fsp3) is 0.636. The van der Waals surface area contributed by atoms with Crippen LogP contribution >= 0.6 is 0 Å². The molecule has 0 aliphatic heterocycles. The minimum atomic E-state index is -0.106. The third kappa shape index (κ3) is 2.26. The van der Waals surface area contributed by atoms with Gasteiger partial charge < -0.3 is 9.84 Å². The molecule has 0 amide bonds. The van der Waals surface area contributed by atoms with Crippen LogP contribution in [-0.2, 0) is 6.42 Å². The van der Waals surface area contributed by atoms with Crippen LogP contribution in [0.3, 0.4) is 0 Å². The van der Waals surface area contributed by atoms with Gasteiger partial charge in [0.15, 0.2) is 0 Å². The first kappa shape index (κ1) is 16.2. The van der Waals surface area contributed by atoms with E-state index in [1.165, 1.54) is 18.4 Å². The molecular weight excluding hydrogens is 296 g/mol. The molecule has 2 heteroatoms. The van der Waals surface area contributed by atoms with Gasteiger partial charge in [0.2, 0.25) is 0 Å². The molecule has 6 atom stereocenters. The van der Waals surface area contributed by atoms with Crippen LogP contribution in [0.4, 0.5) is 0 Å². The summed E-state index contributed by atoms with van der Waals surface area (Å²) < 4.78 is 5.46. The number of hydrogen-bond acceptors (Lipinski definition) is 2. The molecular formula is C22H30O2. The van der Waals surface area contributed by atoms with Gasteiger partial charge in [0.1, 0.15) is 5.75 Å². The second-order valence-electron chi connectivity index (χ2n) is 8.48. The van der Waals surface area contributed by atoms with E-state index in [4.69, 9.17) is 4.74 Å². The molecule has 2 fully saturated rings. The highest BCUT2D eigenvalue weighted by Crippen LogP contribution is 2.62. The Morgan fingerprint density at radius 3 is 2.92 bits per heavy atom. The molecule has 0 saturated heterocycles. The van der Waals surface area contributed by atoms with E-state index in [0.717, 1.165) is 31.4 Å². The number of allylic oxidation sites excluding steroid dienone is 1. The zero-order valence-electron chi connectivity index (χ0n) is 15.0. The normalized spacial score (nSPS) is 40.4. The van der Waals surface area contributed by atoms with Crippen molar-refractivity contribution in [2.24, 2.45) is 23.2 Å². The molecule has 0 aromatic heterocycles. The Balaban J connectivity index is 1.76. The number of hydrogen-bond donors (Lipinski definition) is 1. The number of aliphatic hydroxyl groups excluding tert-OH is 1. The number of benzene rings is 1. The zero-order chi connectivity index (χ0) is 16.9. The highest BCUT2D eigenvalue weighted by atomic mass is 16.5. The van der Waals surface area contributed by atoms with Gasteiger partial charge in [0.25, 0.3) is 0 Å². The predicted octanol–water partition coefficient (Wildman–Crippen LogP) is 4.71. The first-order valence-electron chi connectivity index (χ1n) is 9.54. The van der Waals surface area contributed by atoms with Gasteiger partial charge in [-0.05, 0) is 90.9 Å². The van der Waals surface area contributed by atoms with Gasteiger partial charge in [0.05, 0.1) is 13.2 Å². The highest BCUT2D eigenvalue weighted by Gasteiger charge is 2.56. The summed E-state index contributed by atoms with van der Waals surface area (Å²) >= 11 is 0. The summed E-state index contributed by atoms with van der Waals surface area (Å²) in [6.45, 7) is 6.37. The molecule has 0 radical (unpaired) electrons. The number of rotatable bonds is 3. The summed E-state index contributed by atoms with van der Waals surface area (Å²) in [6, 6.07) is 6.68. The van der Waals surface area contributed by atoms with Gasteiger partial charge in [-0.15, -0.1) is 6.58 Å². The third-order valence-electron chi connectivity index (χ3n) is 7.53. The second kappa shape index (κ2) is 5.91. The Morgan fingerprint density at radius 1 is 1.33 bits per heavy atom. The Kier molecular flexibility index (Phi) is 3.99. The van der Waals surface area contributed by atoms with Crippen LogP contribution in [0.15, 0.2) is 30.9 Å². The van der Waals surface area contributed by atoms with Crippen molar-refractivity contribution in [2.75, 3.05) is 7.11 Å². The average molecular weight is 326 g/mol. The summed E-state index contributed by atoms with van der Waals surface area (Å²) in [5.41, 5.74) is 3.15. The molecule has 3 aliphatic carbocycles. The van der Waals surface area contributed by atoms with Crippen molar-refractivity contribution in [1.29, 1.82) is 0 Å². The molecule has 0 spiro atoms. The molecule has 1 aromatic rings. The van der Waals surface area contributed by atoms with Crippen LogP contribution in [0.25, 0.3) is 0 Å². The van der Waals surface area contributed by atoms with Crippen molar-refractivity contribution in [3.8, 4) is 5.75 Å². The van der Waals surface area contributed by atoms with Crippen molar-refractivity contribution in [3.63, 3.8) is 0 Å².